The molecular formula is C37H38BNS. The van der Waals surface area contributed by atoms with Gasteiger partial charge in [0.05, 0.1) is 0 Å². The van der Waals surface area contributed by atoms with E-state index < -0.39 is 0 Å². The molecule has 0 saturated carbocycles. The van der Waals surface area contributed by atoms with Gasteiger partial charge in [0.1, 0.15) is 0 Å². The first-order valence-electron chi connectivity index (χ1n) is 14.6. The second-order valence-corrected chi connectivity index (χ2v) is 15.4. The van der Waals surface area contributed by atoms with Crippen molar-refractivity contribution >= 4 is 60.9 Å². The average Bonchev–Trinajstić information content (AvgIpc) is 3.30. The highest BCUT2D eigenvalue weighted by atomic mass is 32.1. The van der Waals surface area contributed by atoms with Crippen LogP contribution in [-0.4, -0.2) is 6.71 Å². The molecule has 2 aliphatic heterocycles. The molecule has 7 rings (SSSR count). The average molecular weight is 540 g/mol. The second kappa shape index (κ2) is 8.36. The van der Waals surface area contributed by atoms with Crippen LogP contribution in [0, 0.1) is 0 Å². The lowest BCUT2D eigenvalue weighted by Gasteiger charge is -2.44. The van der Waals surface area contributed by atoms with Crippen molar-refractivity contribution in [2.45, 2.75) is 71.6 Å². The van der Waals surface area contributed by atoms with Crippen LogP contribution in [0.2, 0.25) is 0 Å². The molecule has 40 heavy (non-hydrogen) atoms. The molecule has 1 aromatic heterocycles. The highest BCUT2D eigenvalue weighted by Gasteiger charge is 2.47. The van der Waals surface area contributed by atoms with E-state index >= 15 is 0 Å². The Kier molecular flexibility index (Phi) is 5.37. The molecule has 0 saturated heterocycles. The van der Waals surface area contributed by atoms with Gasteiger partial charge < -0.3 is 4.90 Å². The van der Waals surface area contributed by atoms with Gasteiger partial charge in [-0.25, -0.2) is 0 Å². The Balaban J connectivity index is 1.51. The SMILES string of the molecule is CC(C)(C)c1ccc(N2c3ccccc3B3c4sc5ccc(C(C)(C)C)cc5c4C(C)(C)c4cccc2c43)cc1. The van der Waals surface area contributed by atoms with Crippen LogP contribution in [0.4, 0.5) is 17.1 Å². The lowest BCUT2D eigenvalue weighted by Crippen LogP contribution is -2.63. The van der Waals surface area contributed by atoms with Crippen molar-refractivity contribution in [1.82, 2.24) is 0 Å². The summed E-state index contributed by atoms with van der Waals surface area (Å²) in [7, 11) is 0. The van der Waals surface area contributed by atoms with E-state index in [1.807, 2.05) is 11.3 Å². The molecule has 0 N–H and O–H groups in total. The molecule has 0 radical (unpaired) electrons. The van der Waals surface area contributed by atoms with Crippen LogP contribution in [0.15, 0.2) is 84.9 Å². The van der Waals surface area contributed by atoms with Crippen LogP contribution in [0.1, 0.15) is 77.6 Å². The third-order valence-electron chi connectivity index (χ3n) is 9.23. The molecule has 0 bridgehead atoms. The Morgan fingerprint density at radius 1 is 0.700 bits per heavy atom. The molecule has 1 nitrogen and oxygen atoms in total. The summed E-state index contributed by atoms with van der Waals surface area (Å²) in [6.07, 6.45) is 0. The summed E-state index contributed by atoms with van der Waals surface area (Å²) >= 11 is 2.01. The minimum Gasteiger partial charge on any atom is -0.312 e. The predicted molar refractivity (Wildman–Crippen MR) is 177 cm³/mol. The Labute approximate surface area is 244 Å². The van der Waals surface area contributed by atoms with E-state index in [-0.39, 0.29) is 23.0 Å². The Bertz CT molecular complexity index is 1790. The van der Waals surface area contributed by atoms with E-state index in [0.29, 0.717) is 0 Å². The van der Waals surface area contributed by atoms with Crippen LogP contribution in [-0.2, 0) is 16.2 Å². The van der Waals surface area contributed by atoms with Crippen LogP contribution in [0.25, 0.3) is 10.1 Å². The van der Waals surface area contributed by atoms with Gasteiger partial charge in [-0.1, -0.05) is 104 Å². The molecule has 0 fully saturated rings. The van der Waals surface area contributed by atoms with Crippen molar-refractivity contribution in [1.29, 1.82) is 0 Å². The highest BCUT2D eigenvalue weighted by molar-refractivity contribution is 7.32. The van der Waals surface area contributed by atoms with Crippen LogP contribution in [0.3, 0.4) is 0 Å². The van der Waals surface area contributed by atoms with Gasteiger partial charge in [-0.05, 0) is 90.6 Å². The Morgan fingerprint density at radius 2 is 1.35 bits per heavy atom. The molecule has 4 aromatic carbocycles. The summed E-state index contributed by atoms with van der Waals surface area (Å²) in [5.41, 5.74) is 12.6. The first-order chi connectivity index (χ1) is 18.9. The maximum Gasteiger partial charge on any atom is 0.259 e. The van der Waals surface area contributed by atoms with Crippen molar-refractivity contribution in [2.75, 3.05) is 4.90 Å². The molecule has 0 aliphatic carbocycles. The van der Waals surface area contributed by atoms with E-state index in [2.05, 4.69) is 145 Å². The fraction of sp³-hybridized carbons (Fsp3) is 0.297. The summed E-state index contributed by atoms with van der Waals surface area (Å²) in [4.78, 5) is 2.50. The normalized spacial score (nSPS) is 15.6. The van der Waals surface area contributed by atoms with Gasteiger partial charge in [0.25, 0.3) is 6.71 Å². The molecular weight excluding hydrogens is 501 g/mol. The molecule has 3 heterocycles. The van der Waals surface area contributed by atoms with Gasteiger partial charge in [0.2, 0.25) is 0 Å². The topological polar surface area (TPSA) is 3.24 Å². The number of thiophene rings is 1. The Morgan fingerprint density at radius 3 is 2.05 bits per heavy atom. The lowest BCUT2D eigenvalue weighted by atomic mass is 9.32. The smallest absolute Gasteiger partial charge is 0.259 e. The van der Waals surface area contributed by atoms with Gasteiger partial charge >= 0.3 is 0 Å². The number of benzene rings is 4. The number of fused-ring (bicyclic) bond motifs is 6. The molecule has 200 valence electrons. The first-order valence-corrected chi connectivity index (χ1v) is 15.4. The summed E-state index contributed by atoms with van der Waals surface area (Å²) < 4.78 is 2.92. The van der Waals surface area contributed by atoms with Crippen molar-refractivity contribution in [3.8, 4) is 0 Å². The summed E-state index contributed by atoms with van der Waals surface area (Å²) in [6.45, 7) is 18.9. The number of hydrogen-bond donors (Lipinski definition) is 0. The lowest BCUT2D eigenvalue weighted by molar-refractivity contribution is 0.590. The third kappa shape index (κ3) is 3.60. The maximum absolute atomic E-state index is 2.50. The summed E-state index contributed by atoms with van der Waals surface area (Å²) in [5.74, 6) is 0. The first kappa shape index (κ1) is 25.7. The molecule has 0 spiro atoms. The van der Waals surface area contributed by atoms with Gasteiger partial charge in [-0.2, -0.15) is 0 Å². The standard InChI is InChI=1S/C37H38BNS/c1-35(2,3)23-16-19-25(20-17-23)39-29-14-10-9-13-28(29)38-33-27(12-11-15-30(33)39)37(7,8)32-26-22-24(36(4,5)6)18-21-31(26)40-34(32)38/h9-22H,1-8H3. The monoisotopic (exact) mass is 539 g/mol. The Hall–Kier alpha value is -3.30. The maximum atomic E-state index is 2.50. The number of hydrogen-bond acceptors (Lipinski definition) is 2. The van der Waals surface area contributed by atoms with E-state index in [1.165, 1.54) is 65.1 Å². The largest absolute Gasteiger partial charge is 0.312 e. The fourth-order valence-electron chi connectivity index (χ4n) is 7.04. The second-order valence-electron chi connectivity index (χ2n) is 14.3. The summed E-state index contributed by atoms with van der Waals surface area (Å²) in [5, 5.41) is 1.44. The molecule has 2 aliphatic rings. The van der Waals surface area contributed by atoms with Crippen LogP contribution in [0.5, 0.6) is 0 Å². The van der Waals surface area contributed by atoms with Gasteiger partial charge in [-0.3, -0.25) is 0 Å². The van der Waals surface area contributed by atoms with Crippen molar-refractivity contribution < 1.29 is 0 Å². The van der Waals surface area contributed by atoms with E-state index in [4.69, 9.17) is 0 Å². The zero-order valence-electron chi connectivity index (χ0n) is 25.0. The van der Waals surface area contributed by atoms with Crippen LogP contribution >= 0.6 is 11.3 Å². The number of rotatable bonds is 1. The molecule has 5 aromatic rings. The van der Waals surface area contributed by atoms with Gasteiger partial charge in [-0.15, -0.1) is 11.3 Å². The van der Waals surface area contributed by atoms with Gasteiger partial charge in [0, 0.05) is 27.2 Å². The number of anilines is 3. The third-order valence-corrected chi connectivity index (χ3v) is 10.5. The van der Waals surface area contributed by atoms with Crippen molar-refractivity contribution in [3.63, 3.8) is 0 Å². The fourth-order valence-corrected chi connectivity index (χ4v) is 8.52. The van der Waals surface area contributed by atoms with E-state index in [0.717, 1.165) is 0 Å². The number of nitrogens with zero attached hydrogens (tertiary/aromatic N) is 1. The van der Waals surface area contributed by atoms with Crippen molar-refractivity contribution in [3.05, 3.63) is 107 Å². The minimum atomic E-state index is -0.0972. The highest BCUT2D eigenvalue weighted by Crippen LogP contribution is 2.46. The minimum absolute atomic E-state index is 0.0972. The molecule has 0 amide bonds. The predicted octanol–water partition coefficient (Wildman–Crippen LogP) is 8.44. The van der Waals surface area contributed by atoms with E-state index in [9.17, 15) is 0 Å². The van der Waals surface area contributed by atoms with Crippen LogP contribution < -0.4 is 20.6 Å². The molecule has 0 atom stereocenters. The zero-order valence-corrected chi connectivity index (χ0v) is 25.8. The quantitative estimate of drug-likeness (QED) is 0.190. The van der Waals surface area contributed by atoms with Crippen molar-refractivity contribution in [2.24, 2.45) is 0 Å². The van der Waals surface area contributed by atoms with Gasteiger partial charge in [0.15, 0.2) is 0 Å². The molecule has 3 heteroatoms. The zero-order chi connectivity index (χ0) is 28.2. The van der Waals surface area contributed by atoms with E-state index in [1.54, 1.807) is 0 Å². The summed E-state index contributed by atoms with van der Waals surface area (Å²) in [6, 6.07) is 32.5. The molecule has 0 unspecified atom stereocenters. The number of para-hydroxylation sites is 1.